The first-order valence-electron chi connectivity index (χ1n) is 6.55. The van der Waals surface area contributed by atoms with Crippen molar-refractivity contribution in [2.75, 3.05) is 13.2 Å². The number of piperazine rings is 1. The van der Waals surface area contributed by atoms with Gasteiger partial charge in [-0.25, -0.2) is 0 Å². The second-order valence-electron chi connectivity index (χ2n) is 6.01. The van der Waals surface area contributed by atoms with Gasteiger partial charge in [0.05, 0.1) is 12.1 Å². The van der Waals surface area contributed by atoms with E-state index in [-0.39, 0.29) is 23.4 Å². The third-order valence-corrected chi connectivity index (χ3v) is 3.97. The van der Waals surface area contributed by atoms with E-state index in [0.717, 1.165) is 6.42 Å². The summed E-state index contributed by atoms with van der Waals surface area (Å²) in [5.74, 6) is -0.0721. The molecule has 0 aromatic rings. The number of carbonyl (C=O) groups excluding carboxylic acids is 2. The molecule has 2 rings (SSSR count). The molecule has 0 spiro atoms. The van der Waals surface area contributed by atoms with Crippen LogP contribution in [0.2, 0.25) is 0 Å². The van der Waals surface area contributed by atoms with Crippen molar-refractivity contribution in [2.45, 2.75) is 57.7 Å². The summed E-state index contributed by atoms with van der Waals surface area (Å²) in [5.41, 5.74) is -1.18. The van der Waals surface area contributed by atoms with E-state index >= 15 is 0 Å². The molecule has 0 saturated carbocycles. The molecule has 0 aromatic heterocycles. The third-order valence-electron chi connectivity index (χ3n) is 3.97. The fourth-order valence-electron chi connectivity index (χ4n) is 2.84. The molecule has 0 bridgehead atoms. The van der Waals surface area contributed by atoms with E-state index in [1.165, 1.54) is 0 Å². The van der Waals surface area contributed by atoms with Gasteiger partial charge in [-0.2, -0.15) is 0 Å². The summed E-state index contributed by atoms with van der Waals surface area (Å²) < 4.78 is 5.43. The Morgan fingerprint density at radius 1 is 1.39 bits per heavy atom. The van der Waals surface area contributed by atoms with Gasteiger partial charge >= 0.3 is 0 Å². The highest BCUT2D eigenvalue weighted by Gasteiger charge is 2.52. The van der Waals surface area contributed by atoms with E-state index in [9.17, 15) is 9.59 Å². The Morgan fingerprint density at radius 2 is 2.06 bits per heavy atom. The van der Waals surface area contributed by atoms with E-state index in [2.05, 4.69) is 5.32 Å². The van der Waals surface area contributed by atoms with E-state index in [0.29, 0.717) is 19.6 Å². The summed E-state index contributed by atoms with van der Waals surface area (Å²) in [6.45, 7) is 8.62. The molecule has 18 heavy (non-hydrogen) atoms. The summed E-state index contributed by atoms with van der Waals surface area (Å²) in [6, 6.07) is -0.378. The lowest BCUT2D eigenvalue weighted by Crippen LogP contribution is -2.72. The van der Waals surface area contributed by atoms with E-state index in [4.69, 9.17) is 4.74 Å². The van der Waals surface area contributed by atoms with Gasteiger partial charge in [0.15, 0.2) is 0 Å². The number of hydrogen-bond acceptors (Lipinski definition) is 3. The van der Waals surface area contributed by atoms with E-state index in [1.807, 2.05) is 13.8 Å². The van der Waals surface area contributed by atoms with Crippen molar-refractivity contribution in [3.8, 4) is 0 Å². The molecule has 2 aliphatic heterocycles. The number of hydrogen-bond donors (Lipinski definition) is 1. The third kappa shape index (κ3) is 1.90. The van der Waals surface area contributed by atoms with Crippen LogP contribution in [0.1, 0.15) is 40.5 Å². The Labute approximate surface area is 108 Å². The number of rotatable bonds is 2. The van der Waals surface area contributed by atoms with Gasteiger partial charge < -0.3 is 15.0 Å². The van der Waals surface area contributed by atoms with E-state index < -0.39 is 5.54 Å². The highest BCUT2D eigenvalue weighted by Crippen LogP contribution is 2.33. The van der Waals surface area contributed by atoms with Crippen molar-refractivity contribution < 1.29 is 14.3 Å². The van der Waals surface area contributed by atoms with Crippen molar-refractivity contribution in [1.29, 1.82) is 0 Å². The maximum absolute atomic E-state index is 12.6. The molecule has 2 atom stereocenters. The molecule has 0 aromatic carbocycles. The van der Waals surface area contributed by atoms with Gasteiger partial charge in [-0.3, -0.25) is 9.59 Å². The van der Waals surface area contributed by atoms with Gasteiger partial charge in [-0.05, 0) is 33.6 Å². The van der Waals surface area contributed by atoms with E-state index in [1.54, 1.807) is 18.7 Å². The summed E-state index contributed by atoms with van der Waals surface area (Å²) in [6.07, 6.45) is 1.42. The molecule has 102 valence electrons. The van der Waals surface area contributed by atoms with Crippen LogP contribution in [-0.4, -0.2) is 47.0 Å². The average molecular weight is 254 g/mol. The van der Waals surface area contributed by atoms with Gasteiger partial charge in [0, 0.05) is 6.61 Å². The molecule has 2 fully saturated rings. The van der Waals surface area contributed by atoms with Crippen LogP contribution < -0.4 is 5.32 Å². The zero-order chi connectivity index (χ0) is 13.6. The zero-order valence-electron chi connectivity index (χ0n) is 11.6. The van der Waals surface area contributed by atoms with Gasteiger partial charge in [0.1, 0.15) is 11.6 Å². The highest BCUT2D eigenvalue weighted by atomic mass is 16.5. The number of carbonyl (C=O) groups is 2. The van der Waals surface area contributed by atoms with Crippen molar-refractivity contribution in [2.24, 2.45) is 0 Å². The van der Waals surface area contributed by atoms with Gasteiger partial charge in [-0.15, -0.1) is 0 Å². The lowest BCUT2D eigenvalue weighted by Gasteiger charge is -2.49. The zero-order valence-corrected chi connectivity index (χ0v) is 11.6. The molecule has 2 heterocycles. The first kappa shape index (κ1) is 13.3. The second-order valence-corrected chi connectivity index (χ2v) is 6.01. The Kier molecular flexibility index (Phi) is 3.13. The van der Waals surface area contributed by atoms with Crippen molar-refractivity contribution >= 4 is 11.8 Å². The normalized spacial score (nSPS) is 35.8. The SMILES string of the molecule is CCC1C(=O)NC(C)(C)C(=O)N1C1(C)CCOC1. The molecule has 5 nitrogen and oxygen atoms in total. The number of nitrogens with zero attached hydrogens (tertiary/aromatic N) is 1. The van der Waals surface area contributed by atoms with Crippen molar-refractivity contribution in [3.05, 3.63) is 0 Å². The van der Waals surface area contributed by atoms with Crippen molar-refractivity contribution in [1.82, 2.24) is 10.2 Å². The van der Waals surface area contributed by atoms with Crippen LogP contribution in [0.3, 0.4) is 0 Å². The lowest BCUT2D eigenvalue weighted by molar-refractivity contribution is -0.161. The summed E-state index contributed by atoms with van der Waals surface area (Å²) >= 11 is 0. The number of nitrogens with one attached hydrogen (secondary N) is 1. The Hall–Kier alpha value is -1.10. The molecule has 2 unspecified atom stereocenters. The van der Waals surface area contributed by atoms with Crippen LogP contribution in [0, 0.1) is 0 Å². The molecule has 5 heteroatoms. The maximum atomic E-state index is 12.6. The predicted molar refractivity (Wildman–Crippen MR) is 67.0 cm³/mol. The van der Waals surface area contributed by atoms with Gasteiger partial charge in [0.2, 0.25) is 11.8 Å². The number of amides is 2. The summed E-state index contributed by atoms with van der Waals surface area (Å²) in [5, 5.41) is 2.81. The first-order chi connectivity index (χ1) is 8.32. The summed E-state index contributed by atoms with van der Waals surface area (Å²) in [7, 11) is 0. The predicted octanol–water partition coefficient (Wildman–Crippen LogP) is 0.681. The topological polar surface area (TPSA) is 58.6 Å². The quantitative estimate of drug-likeness (QED) is 0.788. The maximum Gasteiger partial charge on any atom is 0.248 e. The van der Waals surface area contributed by atoms with Crippen LogP contribution in [0.4, 0.5) is 0 Å². The standard InChI is InChI=1S/C13H22N2O3/c1-5-9-10(16)14-12(2,3)11(17)15(9)13(4)6-7-18-8-13/h9H,5-8H2,1-4H3,(H,14,16). The number of ether oxygens (including phenoxy) is 1. The first-order valence-corrected chi connectivity index (χ1v) is 6.55. The molecule has 0 aliphatic carbocycles. The average Bonchev–Trinajstić information content (AvgIpc) is 2.70. The van der Waals surface area contributed by atoms with Crippen LogP contribution in [0.5, 0.6) is 0 Å². The van der Waals surface area contributed by atoms with Crippen LogP contribution in [0.25, 0.3) is 0 Å². The Morgan fingerprint density at radius 3 is 2.56 bits per heavy atom. The smallest absolute Gasteiger partial charge is 0.248 e. The molecular formula is C13H22N2O3. The summed E-state index contributed by atoms with van der Waals surface area (Å²) in [4.78, 5) is 26.5. The fourth-order valence-corrected chi connectivity index (χ4v) is 2.84. The minimum absolute atomic E-state index is 0.0121. The van der Waals surface area contributed by atoms with Crippen LogP contribution >= 0.6 is 0 Å². The minimum atomic E-state index is -0.825. The van der Waals surface area contributed by atoms with Crippen LogP contribution in [0.15, 0.2) is 0 Å². The second kappa shape index (κ2) is 4.23. The monoisotopic (exact) mass is 254 g/mol. The Bertz CT molecular complexity index is 372. The lowest BCUT2D eigenvalue weighted by atomic mass is 9.88. The molecule has 2 amide bonds. The molecule has 1 N–H and O–H groups in total. The van der Waals surface area contributed by atoms with Crippen molar-refractivity contribution in [3.63, 3.8) is 0 Å². The van der Waals surface area contributed by atoms with Crippen LogP contribution in [-0.2, 0) is 14.3 Å². The highest BCUT2D eigenvalue weighted by molar-refractivity contribution is 5.99. The molecule has 2 aliphatic rings. The molecular weight excluding hydrogens is 232 g/mol. The minimum Gasteiger partial charge on any atom is -0.379 e. The largest absolute Gasteiger partial charge is 0.379 e. The van der Waals surface area contributed by atoms with Gasteiger partial charge in [0.25, 0.3) is 0 Å². The molecule has 2 saturated heterocycles. The fraction of sp³-hybridized carbons (Fsp3) is 0.846. The Balaban J connectivity index is 2.38. The molecule has 0 radical (unpaired) electrons. The van der Waals surface area contributed by atoms with Gasteiger partial charge in [-0.1, -0.05) is 6.92 Å².